The normalized spacial score (nSPS) is 11.8. The van der Waals surface area contributed by atoms with E-state index in [1.165, 1.54) is 0 Å². The van der Waals surface area contributed by atoms with Gasteiger partial charge in [-0.25, -0.2) is 9.78 Å². The first-order valence-electron chi connectivity index (χ1n) is 8.95. The average molecular weight is 381 g/mol. The van der Waals surface area contributed by atoms with Crippen LogP contribution in [0.3, 0.4) is 0 Å². The lowest BCUT2D eigenvalue weighted by atomic mass is 10.1. The molecule has 0 aliphatic heterocycles. The SMILES string of the molecule is COc1ccc(C[C@@H](NC(=O)NCCC(N)=O)c2nc3ccccc3[nH]2)cc1. The number of H-pyrrole nitrogens is 1. The molecule has 0 radical (unpaired) electrons. The van der Waals surface area contributed by atoms with Gasteiger partial charge in [-0.05, 0) is 36.2 Å². The van der Waals surface area contributed by atoms with Crippen molar-refractivity contribution < 1.29 is 14.3 Å². The van der Waals surface area contributed by atoms with Gasteiger partial charge >= 0.3 is 6.03 Å². The summed E-state index contributed by atoms with van der Waals surface area (Å²) in [5.74, 6) is 0.954. The number of nitrogens with two attached hydrogens (primary N) is 1. The number of rotatable bonds is 8. The molecule has 3 aromatic rings. The van der Waals surface area contributed by atoms with Crippen LogP contribution in [-0.4, -0.2) is 35.6 Å². The summed E-state index contributed by atoms with van der Waals surface area (Å²) in [5, 5.41) is 5.56. The number of methoxy groups -OCH3 is 1. The number of aromatic amines is 1. The van der Waals surface area contributed by atoms with Crippen molar-refractivity contribution >= 4 is 23.0 Å². The van der Waals surface area contributed by atoms with Gasteiger partial charge in [0, 0.05) is 13.0 Å². The summed E-state index contributed by atoms with van der Waals surface area (Å²) in [6.07, 6.45) is 0.619. The number of carbonyl (C=O) groups is 2. The van der Waals surface area contributed by atoms with Gasteiger partial charge in [0.1, 0.15) is 11.6 Å². The number of aromatic nitrogens is 2. The molecule has 28 heavy (non-hydrogen) atoms. The third-order valence-corrected chi connectivity index (χ3v) is 4.30. The fraction of sp³-hybridized carbons (Fsp3) is 0.250. The second kappa shape index (κ2) is 8.90. The van der Waals surface area contributed by atoms with Gasteiger partial charge in [-0.3, -0.25) is 4.79 Å². The first-order valence-corrected chi connectivity index (χ1v) is 8.95. The number of primary amides is 1. The number of hydrogen-bond acceptors (Lipinski definition) is 4. The lowest BCUT2D eigenvalue weighted by molar-refractivity contribution is -0.117. The van der Waals surface area contributed by atoms with E-state index >= 15 is 0 Å². The number of amides is 3. The monoisotopic (exact) mass is 381 g/mol. The lowest BCUT2D eigenvalue weighted by Gasteiger charge is -2.17. The molecule has 0 fully saturated rings. The summed E-state index contributed by atoms with van der Waals surface area (Å²) in [7, 11) is 1.62. The highest BCUT2D eigenvalue weighted by molar-refractivity contribution is 5.78. The van der Waals surface area contributed by atoms with E-state index in [0.29, 0.717) is 12.2 Å². The van der Waals surface area contributed by atoms with Gasteiger partial charge < -0.3 is 26.1 Å². The smallest absolute Gasteiger partial charge is 0.315 e. The van der Waals surface area contributed by atoms with Gasteiger partial charge in [-0.15, -0.1) is 0 Å². The first-order chi connectivity index (χ1) is 13.5. The van der Waals surface area contributed by atoms with Crippen molar-refractivity contribution in [3.63, 3.8) is 0 Å². The number of benzene rings is 2. The fourth-order valence-electron chi connectivity index (χ4n) is 2.86. The Hall–Kier alpha value is -3.55. The highest BCUT2D eigenvalue weighted by Crippen LogP contribution is 2.21. The molecule has 5 N–H and O–H groups in total. The van der Waals surface area contributed by atoms with Crippen LogP contribution in [0.15, 0.2) is 48.5 Å². The van der Waals surface area contributed by atoms with Gasteiger partial charge in [0.05, 0.1) is 24.2 Å². The maximum Gasteiger partial charge on any atom is 0.315 e. The largest absolute Gasteiger partial charge is 0.497 e. The fourth-order valence-corrected chi connectivity index (χ4v) is 2.86. The summed E-state index contributed by atoms with van der Waals surface area (Å²) in [6, 6.07) is 14.5. The minimum atomic E-state index is -0.465. The molecule has 1 heterocycles. The summed E-state index contributed by atoms with van der Waals surface area (Å²) in [4.78, 5) is 31.0. The summed E-state index contributed by atoms with van der Waals surface area (Å²) >= 11 is 0. The van der Waals surface area contributed by atoms with Crippen LogP contribution in [0.1, 0.15) is 23.9 Å². The standard InChI is InChI=1S/C20H23N5O3/c1-28-14-8-6-13(7-9-14)12-17(25-20(27)22-11-10-18(21)26)19-23-15-4-2-3-5-16(15)24-19/h2-9,17H,10-12H2,1H3,(H2,21,26)(H,23,24)(H2,22,25,27)/t17-/m1/s1. The molecule has 0 saturated carbocycles. The summed E-state index contributed by atoms with van der Waals surface area (Å²) in [6.45, 7) is 0.177. The Bertz CT molecular complexity index is 919. The highest BCUT2D eigenvalue weighted by atomic mass is 16.5. The predicted octanol–water partition coefficient (Wildman–Crippen LogP) is 2.03. The molecule has 3 rings (SSSR count). The van der Waals surface area contributed by atoms with E-state index < -0.39 is 5.91 Å². The second-order valence-electron chi connectivity index (χ2n) is 6.36. The Morgan fingerprint density at radius 1 is 1.18 bits per heavy atom. The third kappa shape index (κ3) is 5.00. The number of para-hydroxylation sites is 2. The third-order valence-electron chi connectivity index (χ3n) is 4.30. The van der Waals surface area contributed by atoms with E-state index in [4.69, 9.17) is 10.5 Å². The van der Waals surface area contributed by atoms with Crippen LogP contribution in [0.2, 0.25) is 0 Å². The molecule has 8 nitrogen and oxygen atoms in total. The van der Waals surface area contributed by atoms with E-state index in [9.17, 15) is 9.59 Å². The molecule has 8 heteroatoms. The molecule has 146 valence electrons. The number of ether oxygens (including phenoxy) is 1. The van der Waals surface area contributed by atoms with Crippen molar-refractivity contribution in [1.29, 1.82) is 0 Å². The van der Waals surface area contributed by atoms with Crippen molar-refractivity contribution in [3.8, 4) is 5.75 Å². The Labute approximate surface area is 162 Å². The maximum absolute atomic E-state index is 12.3. The topological polar surface area (TPSA) is 122 Å². The zero-order valence-electron chi connectivity index (χ0n) is 15.6. The van der Waals surface area contributed by atoms with Crippen LogP contribution in [0.25, 0.3) is 11.0 Å². The minimum Gasteiger partial charge on any atom is -0.497 e. The van der Waals surface area contributed by atoms with Crippen LogP contribution in [0.5, 0.6) is 5.75 Å². The molecule has 1 atom stereocenters. The van der Waals surface area contributed by atoms with E-state index in [2.05, 4.69) is 20.6 Å². The van der Waals surface area contributed by atoms with E-state index in [-0.39, 0.29) is 25.0 Å². The molecule has 0 aliphatic carbocycles. The summed E-state index contributed by atoms with van der Waals surface area (Å²) < 4.78 is 5.19. The lowest BCUT2D eigenvalue weighted by Crippen LogP contribution is -2.40. The van der Waals surface area contributed by atoms with Gasteiger partial charge in [0.25, 0.3) is 0 Å². The molecular formula is C20H23N5O3. The van der Waals surface area contributed by atoms with E-state index in [0.717, 1.165) is 22.3 Å². The number of nitrogens with zero attached hydrogens (tertiary/aromatic N) is 1. The molecule has 0 bridgehead atoms. The van der Waals surface area contributed by atoms with Gasteiger partial charge in [-0.2, -0.15) is 0 Å². The summed E-state index contributed by atoms with van der Waals surface area (Å²) in [5.41, 5.74) is 7.84. The molecular weight excluding hydrogens is 358 g/mol. The number of nitrogens with one attached hydrogen (secondary N) is 3. The Morgan fingerprint density at radius 2 is 1.93 bits per heavy atom. The molecule has 0 saturated heterocycles. The number of carbonyl (C=O) groups excluding carboxylic acids is 2. The number of hydrogen-bond donors (Lipinski definition) is 4. The van der Waals surface area contributed by atoms with Gasteiger partial charge in [0.15, 0.2) is 0 Å². The molecule has 2 aromatic carbocycles. The average Bonchev–Trinajstić information content (AvgIpc) is 3.12. The van der Waals surface area contributed by atoms with Gasteiger partial charge in [-0.1, -0.05) is 24.3 Å². The minimum absolute atomic E-state index is 0.0845. The Morgan fingerprint density at radius 3 is 2.61 bits per heavy atom. The van der Waals surface area contributed by atoms with Crippen molar-refractivity contribution in [2.75, 3.05) is 13.7 Å². The van der Waals surface area contributed by atoms with Crippen LogP contribution in [0.4, 0.5) is 4.79 Å². The van der Waals surface area contributed by atoms with Crippen molar-refractivity contribution in [2.45, 2.75) is 18.9 Å². The van der Waals surface area contributed by atoms with Crippen LogP contribution < -0.4 is 21.1 Å². The van der Waals surface area contributed by atoms with Crippen LogP contribution >= 0.6 is 0 Å². The molecule has 0 aliphatic rings. The molecule has 0 spiro atoms. The van der Waals surface area contributed by atoms with Crippen molar-refractivity contribution in [1.82, 2.24) is 20.6 Å². The van der Waals surface area contributed by atoms with E-state index in [1.54, 1.807) is 7.11 Å². The quantitative estimate of drug-likeness (QED) is 0.477. The van der Waals surface area contributed by atoms with Crippen LogP contribution in [-0.2, 0) is 11.2 Å². The molecule has 1 aromatic heterocycles. The van der Waals surface area contributed by atoms with Crippen molar-refractivity contribution in [3.05, 3.63) is 59.9 Å². The van der Waals surface area contributed by atoms with Crippen LogP contribution in [0, 0.1) is 0 Å². The maximum atomic E-state index is 12.3. The first kappa shape index (κ1) is 19.2. The van der Waals surface area contributed by atoms with Gasteiger partial charge in [0.2, 0.25) is 5.91 Å². The van der Waals surface area contributed by atoms with E-state index in [1.807, 2.05) is 48.5 Å². The zero-order chi connectivity index (χ0) is 19.9. The predicted molar refractivity (Wildman–Crippen MR) is 106 cm³/mol. The highest BCUT2D eigenvalue weighted by Gasteiger charge is 2.19. The number of fused-ring (bicyclic) bond motifs is 1. The number of imidazole rings is 1. The second-order valence-corrected chi connectivity index (χ2v) is 6.36. The number of urea groups is 1. The molecule has 0 unspecified atom stereocenters. The molecule has 3 amide bonds. The Kier molecular flexibility index (Phi) is 6.11. The zero-order valence-corrected chi connectivity index (χ0v) is 15.6. The Balaban J connectivity index is 1.78. The van der Waals surface area contributed by atoms with Crippen molar-refractivity contribution in [2.24, 2.45) is 5.73 Å².